The lowest BCUT2D eigenvalue weighted by Crippen LogP contribution is -2.43. The molecular weight excluding hydrogens is 464 g/mol. The first kappa shape index (κ1) is 24.8. The van der Waals surface area contributed by atoms with Crippen molar-refractivity contribution < 1.29 is 37.4 Å². The second-order valence-electron chi connectivity index (χ2n) is 7.25. The van der Waals surface area contributed by atoms with Crippen LogP contribution in [0.3, 0.4) is 0 Å². The number of ether oxygens (including phenoxy) is 2. The molecule has 0 spiro atoms. The van der Waals surface area contributed by atoms with Crippen LogP contribution in [-0.2, 0) is 23.4 Å². The number of nitrogens with zero attached hydrogens (tertiary/aromatic N) is 1. The maximum absolute atomic E-state index is 15.3. The normalized spacial score (nSPS) is 26.5. The molecule has 1 saturated heterocycles. The lowest BCUT2D eigenvalue weighted by atomic mass is 9.98. The number of carbonyl (C=O) groups is 1. The predicted octanol–water partition coefficient (Wildman–Crippen LogP) is 0.489. The van der Waals surface area contributed by atoms with Crippen molar-refractivity contribution >= 4 is 13.7 Å². The molecule has 12 nitrogen and oxygen atoms in total. The van der Waals surface area contributed by atoms with Gasteiger partial charge in [0.25, 0.3) is 5.56 Å². The summed E-state index contributed by atoms with van der Waals surface area (Å²) < 4.78 is 49.9. The van der Waals surface area contributed by atoms with Gasteiger partial charge in [0, 0.05) is 12.3 Å². The summed E-state index contributed by atoms with van der Waals surface area (Å²) in [6.45, 7) is -0.145. The number of hydrogen-bond donors (Lipinski definition) is 3. The fourth-order valence-electron chi connectivity index (χ4n) is 3.09. The minimum Gasteiger partial charge on any atom is -0.468 e. The number of nitrogens with one attached hydrogen (secondary N) is 2. The second-order valence-corrected chi connectivity index (χ2v) is 9.00. The van der Waals surface area contributed by atoms with Gasteiger partial charge in [-0.25, -0.2) is 18.8 Å². The lowest BCUT2D eigenvalue weighted by Gasteiger charge is -2.24. The Labute approximate surface area is 186 Å². The van der Waals surface area contributed by atoms with Crippen molar-refractivity contribution in [2.24, 2.45) is 0 Å². The monoisotopic (exact) mass is 487 g/mol. The molecule has 0 radical (unpaired) electrons. The summed E-state index contributed by atoms with van der Waals surface area (Å²) in [6, 6.07) is 8.91. The van der Waals surface area contributed by atoms with E-state index < -0.39 is 62.2 Å². The van der Waals surface area contributed by atoms with Crippen LogP contribution >= 0.6 is 7.75 Å². The maximum Gasteiger partial charge on any atom is 0.459 e. The largest absolute Gasteiger partial charge is 0.468 e. The van der Waals surface area contributed by atoms with E-state index in [0.717, 1.165) is 30.9 Å². The summed E-state index contributed by atoms with van der Waals surface area (Å²) in [7, 11) is -3.08. The number of aromatic amines is 1. The molecule has 0 aliphatic carbocycles. The SMILES string of the molecule is COC(=O)CNP(=O)(OC[C@H]1O[C@@H](n2ccc(=O)[nH]c2=O)[C@](C)(F)[C@@H]1O)Oc1ccccc1. The number of esters is 1. The standard InChI is InChI=1S/C19H23FN3O9P/c1-19(20)16(26)13(31-17(19)23-9-8-14(24)22-18(23)27)11-30-33(28,21-10-15(25)29-2)32-12-6-4-3-5-7-12/h3-9,13,16-17,26H,10-11H2,1-2H3,(H,21,28)(H,22,24,27)/t13-,16-,17-,19-,33?/m1/s1. The minimum absolute atomic E-state index is 0.152. The smallest absolute Gasteiger partial charge is 0.459 e. The van der Waals surface area contributed by atoms with Gasteiger partial charge >= 0.3 is 19.4 Å². The zero-order valence-corrected chi connectivity index (χ0v) is 18.6. The van der Waals surface area contributed by atoms with E-state index in [0.29, 0.717) is 0 Å². The molecule has 5 atom stereocenters. The number of para-hydroxylation sites is 1. The quantitative estimate of drug-likeness (QED) is 0.336. The van der Waals surface area contributed by atoms with E-state index in [-0.39, 0.29) is 5.75 Å². The van der Waals surface area contributed by atoms with Crippen molar-refractivity contribution in [2.75, 3.05) is 20.3 Å². The van der Waals surface area contributed by atoms with E-state index in [1.54, 1.807) is 18.2 Å². The number of benzene rings is 1. The van der Waals surface area contributed by atoms with E-state index in [9.17, 15) is 24.1 Å². The van der Waals surface area contributed by atoms with Crippen LogP contribution < -0.4 is 20.9 Å². The molecule has 1 unspecified atom stereocenters. The fraction of sp³-hybridized carbons (Fsp3) is 0.421. The first-order valence-corrected chi connectivity index (χ1v) is 11.2. The number of hydrogen-bond acceptors (Lipinski definition) is 9. The highest BCUT2D eigenvalue weighted by atomic mass is 31.2. The third-order valence-electron chi connectivity index (χ3n) is 4.84. The van der Waals surface area contributed by atoms with Gasteiger partial charge in [-0.3, -0.25) is 23.7 Å². The van der Waals surface area contributed by atoms with Gasteiger partial charge in [-0.15, -0.1) is 0 Å². The first-order valence-electron chi connectivity index (χ1n) is 9.71. The molecule has 1 aliphatic rings. The van der Waals surface area contributed by atoms with Gasteiger partial charge in [0.15, 0.2) is 11.9 Å². The molecule has 3 rings (SSSR count). The van der Waals surface area contributed by atoms with Crippen LogP contribution in [0, 0.1) is 0 Å². The van der Waals surface area contributed by atoms with E-state index in [1.807, 2.05) is 4.98 Å². The van der Waals surface area contributed by atoms with E-state index in [1.165, 1.54) is 12.1 Å². The molecule has 1 aliphatic heterocycles. The summed E-state index contributed by atoms with van der Waals surface area (Å²) in [5.74, 6) is -0.597. The molecule has 14 heteroatoms. The topological polar surface area (TPSA) is 158 Å². The number of H-pyrrole nitrogens is 1. The number of rotatable bonds is 9. The van der Waals surface area contributed by atoms with Crippen molar-refractivity contribution in [1.82, 2.24) is 14.6 Å². The average molecular weight is 487 g/mol. The van der Waals surface area contributed by atoms with Crippen LogP contribution in [0.2, 0.25) is 0 Å². The Morgan fingerprint density at radius 1 is 1.33 bits per heavy atom. The van der Waals surface area contributed by atoms with E-state index in [4.69, 9.17) is 13.8 Å². The lowest BCUT2D eigenvalue weighted by molar-refractivity contribution is -0.139. The molecule has 1 fully saturated rings. The Kier molecular flexibility index (Phi) is 7.50. The van der Waals surface area contributed by atoms with Gasteiger partial charge in [-0.2, -0.15) is 0 Å². The molecule has 0 saturated carbocycles. The summed E-state index contributed by atoms with van der Waals surface area (Å²) in [5.41, 5.74) is -4.10. The number of aliphatic hydroxyl groups excluding tert-OH is 1. The van der Waals surface area contributed by atoms with Gasteiger partial charge in [-0.05, 0) is 19.1 Å². The summed E-state index contributed by atoms with van der Waals surface area (Å²) >= 11 is 0. The number of aliphatic hydroxyl groups is 1. The molecule has 0 amide bonds. The van der Waals surface area contributed by atoms with Crippen molar-refractivity contribution in [1.29, 1.82) is 0 Å². The molecule has 180 valence electrons. The Balaban J connectivity index is 1.77. The average Bonchev–Trinajstić information content (AvgIpc) is 3.00. The molecule has 3 N–H and O–H groups in total. The van der Waals surface area contributed by atoms with Crippen LogP contribution in [0.5, 0.6) is 5.75 Å². The molecule has 1 aromatic heterocycles. The molecular formula is C19H23FN3O9P. The van der Waals surface area contributed by atoms with E-state index in [2.05, 4.69) is 9.82 Å². The highest BCUT2D eigenvalue weighted by Crippen LogP contribution is 2.46. The minimum atomic E-state index is -4.22. The second kappa shape index (κ2) is 9.98. The molecule has 33 heavy (non-hydrogen) atoms. The highest BCUT2D eigenvalue weighted by molar-refractivity contribution is 7.52. The van der Waals surface area contributed by atoms with Gasteiger partial charge in [-0.1, -0.05) is 18.2 Å². The first-order chi connectivity index (χ1) is 15.6. The van der Waals surface area contributed by atoms with Gasteiger partial charge < -0.3 is 19.1 Å². The zero-order valence-electron chi connectivity index (χ0n) is 17.7. The molecule has 0 bridgehead atoms. The number of carbonyl (C=O) groups excluding carboxylic acids is 1. The third kappa shape index (κ3) is 5.75. The van der Waals surface area contributed by atoms with Gasteiger partial charge in [0.05, 0.1) is 13.7 Å². The molecule has 2 heterocycles. The number of alkyl halides is 1. The Morgan fingerprint density at radius 2 is 2.03 bits per heavy atom. The van der Waals surface area contributed by atoms with Gasteiger partial charge in [0.1, 0.15) is 24.5 Å². The zero-order chi connectivity index (χ0) is 24.2. The third-order valence-corrected chi connectivity index (χ3v) is 6.33. The van der Waals surface area contributed by atoms with Crippen LogP contribution in [0.15, 0.2) is 52.2 Å². The summed E-state index contributed by atoms with van der Waals surface area (Å²) in [6.07, 6.45) is -3.76. The number of aromatic nitrogens is 2. The van der Waals surface area contributed by atoms with E-state index >= 15 is 4.39 Å². The van der Waals surface area contributed by atoms with Crippen LogP contribution in [0.1, 0.15) is 13.2 Å². The fourth-order valence-corrected chi connectivity index (χ4v) is 4.37. The molecule has 2 aromatic rings. The summed E-state index contributed by atoms with van der Waals surface area (Å²) in [4.78, 5) is 36.8. The number of halogens is 1. The Morgan fingerprint density at radius 3 is 2.67 bits per heavy atom. The number of methoxy groups -OCH3 is 1. The highest BCUT2D eigenvalue weighted by Gasteiger charge is 2.55. The van der Waals surface area contributed by atoms with Crippen molar-refractivity contribution in [3.05, 3.63) is 63.4 Å². The van der Waals surface area contributed by atoms with Crippen molar-refractivity contribution in [3.8, 4) is 5.75 Å². The van der Waals surface area contributed by atoms with Crippen molar-refractivity contribution in [2.45, 2.75) is 31.0 Å². The predicted molar refractivity (Wildman–Crippen MR) is 111 cm³/mol. The summed E-state index contributed by atoms with van der Waals surface area (Å²) in [5, 5.41) is 12.8. The van der Waals surface area contributed by atoms with Crippen molar-refractivity contribution in [3.63, 3.8) is 0 Å². The van der Waals surface area contributed by atoms with Crippen LogP contribution in [0.4, 0.5) is 4.39 Å². The molecule has 1 aromatic carbocycles. The van der Waals surface area contributed by atoms with Crippen LogP contribution in [0.25, 0.3) is 0 Å². The van der Waals surface area contributed by atoms with Gasteiger partial charge in [0.2, 0.25) is 0 Å². The maximum atomic E-state index is 15.3. The Bertz CT molecular complexity index is 1140. The van der Waals surface area contributed by atoms with Crippen LogP contribution in [-0.4, -0.2) is 58.8 Å². The Hall–Kier alpha value is -2.83.